The van der Waals surface area contributed by atoms with E-state index in [1.165, 1.54) is 11.3 Å². The molecule has 1 aromatic carbocycles. The van der Waals surface area contributed by atoms with Crippen molar-refractivity contribution in [2.24, 2.45) is 0 Å². The molecule has 0 aliphatic carbocycles. The van der Waals surface area contributed by atoms with Crippen molar-refractivity contribution in [3.63, 3.8) is 0 Å². The molecule has 0 atom stereocenters. The predicted molar refractivity (Wildman–Crippen MR) is 90.6 cm³/mol. The number of anilines is 1. The van der Waals surface area contributed by atoms with Gasteiger partial charge in [-0.05, 0) is 37.4 Å². The zero-order valence-corrected chi connectivity index (χ0v) is 14.4. The molecule has 2 heterocycles. The van der Waals surface area contributed by atoms with Gasteiger partial charge >= 0.3 is 0 Å². The van der Waals surface area contributed by atoms with Crippen molar-refractivity contribution in [3.05, 3.63) is 47.3 Å². The minimum absolute atomic E-state index is 0.0772. The highest BCUT2D eigenvalue weighted by atomic mass is 32.2. The van der Waals surface area contributed by atoms with Crippen LogP contribution in [0.1, 0.15) is 12.5 Å². The van der Waals surface area contributed by atoms with E-state index < -0.39 is 9.84 Å². The maximum Gasteiger partial charge on any atom is 0.240 e. The number of aryl methyl sites for hydroxylation is 1. The molecule has 0 saturated carbocycles. The lowest BCUT2D eigenvalue weighted by Gasteiger charge is -2.04. The highest BCUT2D eigenvalue weighted by Gasteiger charge is 2.28. The molecule has 23 heavy (non-hydrogen) atoms. The fourth-order valence-electron chi connectivity index (χ4n) is 2.10. The largest absolute Gasteiger partial charge is 0.418 e. The van der Waals surface area contributed by atoms with Gasteiger partial charge in [0, 0.05) is 6.54 Å². The predicted octanol–water partition coefficient (Wildman–Crippen LogP) is 3.98. The third-order valence-corrected chi connectivity index (χ3v) is 5.79. The molecule has 3 aromatic rings. The summed E-state index contributed by atoms with van der Waals surface area (Å²) in [6.07, 6.45) is 0. The topological polar surface area (TPSA) is 72.2 Å². The van der Waals surface area contributed by atoms with Gasteiger partial charge in [-0.25, -0.2) is 8.42 Å². The van der Waals surface area contributed by atoms with Crippen LogP contribution in [-0.2, 0) is 9.84 Å². The van der Waals surface area contributed by atoms with Gasteiger partial charge in [0.25, 0.3) is 0 Å². The van der Waals surface area contributed by atoms with Gasteiger partial charge in [-0.1, -0.05) is 23.8 Å². The fourth-order valence-corrected chi connectivity index (χ4v) is 4.02. The molecule has 0 aliphatic heterocycles. The van der Waals surface area contributed by atoms with Crippen LogP contribution >= 0.6 is 11.3 Å². The zero-order chi connectivity index (χ0) is 16.4. The minimum atomic E-state index is -3.74. The standard InChI is InChI=1S/C16H16N2O3S2/c1-3-17-15-16(18-14(21-15)13-5-4-10-22-13)23(19,20)12-8-6-11(2)7-9-12/h4-10,17H,3H2,1-2H3. The molecule has 120 valence electrons. The summed E-state index contributed by atoms with van der Waals surface area (Å²) in [6, 6.07) is 10.4. The lowest BCUT2D eigenvalue weighted by Crippen LogP contribution is -2.07. The number of thiophene rings is 1. The summed E-state index contributed by atoms with van der Waals surface area (Å²) in [5, 5.41) is 4.75. The third kappa shape index (κ3) is 3.02. The molecule has 0 spiro atoms. The number of aromatic nitrogens is 1. The maximum absolute atomic E-state index is 12.9. The van der Waals surface area contributed by atoms with Crippen LogP contribution in [-0.4, -0.2) is 19.9 Å². The van der Waals surface area contributed by atoms with Gasteiger partial charge in [0.1, 0.15) is 0 Å². The summed E-state index contributed by atoms with van der Waals surface area (Å²) in [5.41, 5.74) is 0.996. The molecule has 0 unspecified atom stereocenters. The molecular weight excluding hydrogens is 332 g/mol. The third-order valence-electron chi connectivity index (χ3n) is 3.25. The fraction of sp³-hybridized carbons (Fsp3) is 0.188. The van der Waals surface area contributed by atoms with Crippen molar-refractivity contribution in [3.8, 4) is 10.8 Å². The van der Waals surface area contributed by atoms with E-state index in [1.54, 1.807) is 24.3 Å². The number of hydrogen-bond donors (Lipinski definition) is 1. The second-order valence-electron chi connectivity index (χ2n) is 4.98. The summed E-state index contributed by atoms with van der Waals surface area (Å²) < 4.78 is 31.4. The Morgan fingerprint density at radius 3 is 2.57 bits per heavy atom. The highest BCUT2D eigenvalue weighted by Crippen LogP contribution is 2.33. The molecule has 0 fully saturated rings. The van der Waals surface area contributed by atoms with Gasteiger partial charge in [0.2, 0.25) is 26.6 Å². The first-order valence-electron chi connectivity index (χ1n) is 7.12. The Kier molecular flexibility index (Phi) is 4.23. The average Bonchev–Trinajstić information content (AvgIpc) is 3.17. The summed E-state index contributed by atoms with van der Waals surface area (Å²) in [6.45, 7) is 4.32. The average molecular weight is 348 g/mol. The summed E-state index contributed by atoms with van der Waals surface area (Å²) in [4.78, 5) is 5.22. The molecule has 5 nitrogen and oxygen atoms in total. The first-order chi connectivity index (χ1) is 11.0. The summed E-state index contributed by atoms with van der Waals surface area (Å²) in [7, 11) is -3.74. The van der Waals surface area contributed by atoms with Crippen molar-refractivity contribution in [1.29, 1.82) is 0 Å². The van der Waals surface area contributed by atoms with E-state index in [0.717, 1.165) is 10.4 Å². The molecular formula is C16H16N2O3S2. The first kappa shape index (κ1) is 15.8. The van der Waals surface area contributed by atoms with E-state index in [0.29, 0.717) is 12.4 Å². The van der Waals surface area contributed by atoms with Gasteiger partial charge in [-0.3, -0.25) is 0 Å². The van der Waals surface area contributed by atoms with Gasteiger partial charge < -0.3 is 9.73 Å². The molecule has 0 saturated heterocycles. The number of sulfone groups is 1. The molecule has 3 rings (SSSR count). The number of oxazole rings is 1. The van der Waals surface area contributed by atoms with Crippen LogP contribution in [0.25, 0.3) is 10.8 Å². The van der Waals surface area contributed by atoms with E-state index >= 15 is 0 Å². The van der Waals surface area contributed by atoms with E-state index in [9.17, 15) is 8.42 Å². The van der Waals surface area contributed by atoms with Crippen LogP contribution in [0.15, 0.2) is 56.1 Å². The Hall–Kier alpha value is -2.12. The van der Waals surface area contributed by atoms with Crippen LogP contribution in [0.5, 0.6) is 0 Å². The van der Waals surface area contributed by atoms with E-state index in [1.807, 2.05) is 31.4 Å². The van der Waals surface area contributed by atoms with Crippen LogP contribution in [0.3, 0.4) is 0 Å². The number of nitrogens with zero attached hydrogens (tertiary/aromatic N) is 1. The van der Waals surface area contributed by atoms with Gasteiger partial charge in [-0.15, -0.1) is 11.3 Å². The molecule has 0 radical (unpaired) electrons. The lowest BCUT2D eigenvalue weighted by molar-refractivity contribution is 0.579. The second kappa shape index (κ2) is 6.17. The van der Waals surface area contributed by atoms with Crippen LogP contribution < -0.4 is 5.32 Å². The number of nitrogens with one attached hydrogen (secondary N) is 1. The Morgan fingerprint density at radius 2 is 1.96 bits per heavy atom. The summed E-state index contributed by atoms with van der Waals surface area (Å²) in [5.74, 6) is 0.484. The normalized spacial score (nSPS) is 11.6. The minimum Gasteiger partial charge on any atom is -0.418 e. The first-order valence-corrected chi connectivity index (χ1v) is 9.49. The van der Waals surface area contributed by atoms with Gasteiger partial charge in [-0.2, -0.15) is 4.98 Å². The molecule has 1 N–H and O–H groups in total. The Balaban J connectivity index is 2.12. The molecule has 0 aliphatic rings. The van der Waals surface area contributed by atoms with Crippen molar-refractivity contribution < 1.29 is 12.8 Å². The van der Waals surface area contributed by atoms with Gasteiger partial charge in [0.15, 0.2) is 0 Å². The van der Waals surface area contributed by atoms with E-state index in [4.69, 9.17) is 4.42 Å². The van der Waals surface area contributed by atoms with Crippen molar-refractivity contribution in [2.75, 3.05) is 11.9 Å². The lowest BCUT2D eigenvalue weighted by atomic mass is 10.2. The Labute approximate surface area is 138 Å². The smallest absolute Gasteiger partial charge is 0.240 e. The van der Waals surface area contributed by atoms with Crippen LogP contribution in [0.4, 0.5) is 5.88 Å². The Bertz CT molecular complexity index is 895. The Morgan fingerprint density at radius 1 is 1.22 bits per heavy atom. The molecule has 7 heteroatoms. The highest BCUT2D eigenvalue weighted by molar-refractivity contribution is 7.91. The summed E-state index contributed by atoms with van der Waals surface area (Å²) >= 11 is 1.45. The molecule has 2 aromatic heterocycles. The quantitative estimate of drug-likeness (QED) is 0.755. The zero-order valence-electron chi connectivity index (χ0n) is 12.7. The van der Waals surface area contributed by atoms with Crippen molar-refractivity contribution in [1.82, 2.24) is 4.98 Å². The van der Waals surface area contributed by atoms with Crippen LogP contribution in [0.2, 0.25) is 0 Å². The number of hydrogen-bond acceptors (Lipinski definition) is 6. The van der Waals surface area contributed by atoms with Crippen LogP contribution in [0, 0.1) is 6.92 Å². The van der Waals surface area contributed by atoms with E-state index in [2.05, 4.69) is 10.3 Å². The molecule has 0 amide bonds. The van der Waals surface area contributed by atoms with Crippen molar-refractivity contribution >= 4 is 27.1 Å². The number of rotatable bonds is 5. The van der Waals surface area contributed by atoms with Gasteiger partial charge in [0.05, 0.1) is 9.77 Å². The second-order valence-corrected chi connectivity index (χ2v) is 7.79. The number of benzene rings is 1. The SMILES string of the molecule is CCNc1oc(-c2cccs2)nc1S(=O)(=O)c1ccc(C)cc1. The monoisotopic (exact) mass is 348 g/mol. The van der Waals surface area contributed by atoms with Crippen molar-refractivity contribution in [2.45, 2.75) is 23.8 Å². The molecule has 0 bridgehead atoms. The van der Waals surface area contributed by atoms with E-state index in [-0.39, 0.29) is 15.8 Å². The maximum atomic E-state index is 12.9.